The van der Waals surface area contributed by atoms with Gasteiger partial charge in [-0.1, -0.05) is 12.8 Å². The van der Waals surface area contributed by atoms with Crippen molar-refractivity contribution in [1.29, 1.82) is 0 Å². The standard InChI is InChI=1S/C20H43N5O3.2ClH.Mn/c1-26-13-16-10-23-17(14-27-2)11-24-18(15-28-3)12-25-20-7-5-4-6-19(20)22-9-8-21-16;;;/h16-25H,4-15H2,1-3H3;2*1H;/q;;;+2/p-2/t16-,17-,18+,19+,20+;;;/m0.../s1. The predicted molar refractivity (Wildman–Crippen MR) is 125 cm³/mol. The van der Waals surface area contributed by atoms with E-state index in [1.165, 1.54) is 25.7 Å². The van der Waals surface area contributed by atoms with Gasteiger partial charge in [0.15, 0.2) is 0 Å². The van der Waals surface area contributed by atoms with Crippen molar-refractivity contribution < 1.29 is 27.3 Å². The van der Waals surface area contributed by atoms with Crippen molar-refractivity contribution >= 4 is 20.2 Å². The zero-order valence-corrected chi connectivity index (χ0v) is 21.9. The average molecular weight is 527 g/mol. The molecule has 2 aliphatic rings. The van der Waals surface area contributed by atoms with E-state index >= 15 is 0 Å². The molecule has 5 N–H and O–H groups in total. The van der Waals surface area contributed by atoms with Gasteiger partial charge in [0, 0.05) is 84.3 Å². The van der Waals surface area contributed by atoms with Gasteiger partial charge < -0.3 is 40.8 Å². The summed E-state index contributed by atoms with van der Waals surface area (Å²) in [5, 5.41) is 18.5. The molecule has 1 heterocycles. The number of rotatable bonds is 6. The van der Waals surface area contributed by atoms with E-state index in [9.17, 15) is 0 Å². The number of halogens is 2. The van der Waals surface area contributed by atoms with Crippen molar-refractivity contribution in [3.63, 3.8) is 0 Å². The van der Waals surface area contributed by atoms with E-state index in [2.05, 4.69) is 26.6 Å². The van der Waals surface area contributed by atoms with Gasteiger partial charge in [-0.2, -0.15) is 0 Å². The zero-order chi connectivity index (χ0) is 22.7. The minimum atomic E-state index is 0.00694. The monoisotopic (exact) mass is 526 g/mol. The number of fused-ring (bicyclic) bond motifs is 1. The summed E-state index contributed by atoms with van der Waals surface area (Å²) in [5.74, 6) is 0. The van der Waals surface area contributed by atoms with E-state index in [4.69, 9.17) is 34.4 Å². The molecule has 31 heavy (non-hydrogen) atoms. The molecule has 0 spiro atoms. The number of ether oxygens (including phenoxy) is 3. The van der Waals surface area contributed by atoms with Crippen molar-refractivity contribution in [2.45, 2.75) is 55.9 Å². The molecule has 0 aromatic heterocycles. The molecule has 0 bridgehead atoms. The van der Waals surface area contributed by atoms with Gasteiger partial charge in [-0.3, -0.25) is 0 Å². The minimum absolute atomic E-state index is 0.00694. The second kappa shape index (κ2) is 20.2. The summed E-state index contributed by atoms with van der Waals surface area (Å²) in [6, 6.07) is 1.89. The molecule has 0 radical (unpaired) electrons. The van der Waals surface area contributed by atoms with Gasteiger partial charge >= 0.3 is 33.3 Å². The molecule has 0 amide bonds. The Labute approximate surface area is 203 Å². The second-order valence-electron chi connectivity index (χ2n) is 8.14. The van der Waals surface area contributed by atoms with Crippen LogP contribution >= 0.6 is 20.2 Å². The fourth-order valence-corrected chi connectivity index (χ4v) is 4.24. The molecular weight excluding hydrogens is 484 g/mol. The summed E-state index contributed by atoms with van der Waals surface area (Å²) in [4.78, 5) is 0. The SMILES string of the molecule is COC[C@H]1CN[C@@H]2CCCC[C@H]2NCCN[C@H](COC)CN[C@H](COC)CN1.[Cl][Mn][Cl]. The van der Waals surface area contributed by atoms with Crippen LogP contribution in [0.4, 0.5) is 0 Å². The molecule has 1 aliphatic carbocycles. The molecule has 0 unspecified atom stereocenters. The van der Waals surface area contributed by atoms with Gasteiger partial charge in [-0.15, -0.1) is 0 Å². The van der Waals surface area contributed by atoms with Crippen LogP contribution in [0.2, 0.25) is 0 Å². The molecule has 187 valence electrons. The molecule has 8 nitrogen and oxygen atoms in total. The number of hydrogen-bond acceptors (Lipinski definition) is 8. The molecule has 0 aromatic carbocycles. The van der Waals surface area contributed by atoms with Crippen LogP contribution in [0.25, 0.3) is 0 Å². The Morgan fingerprint density at radius 1 is 0.645 bits per heavy atom. The van der Waals surface area contributed by atoms with Gasteiger partial charge in [0.05, 0.1) is 19.8 Å². The number of nitrogens with one attached hydrogen (secondary N) is 5. The van der Waals surface area contributed by atoms with Crippen molar-refractivity contribution in [3.05, 3.63) is 0 Å². The quantitative estimate of drug-likeness (QED) is 0.323. The Morgan fingerprint density at radius 2 is 1.03 bits per heavy atom. The first-order valence-corrected chi connectivity index (χ1v) is 14.4. The number of methoxy groups -OCH3 is 3. The molecule has 1 saturated heterocycles. The summed E-state index contributed by atoms with van der Waals surface area (Å²) < 4.78 is 16.3. The molecule has 11 heteroatoms. The predicted octanol–water partition coefficient (Wildman–Crippen LogP) is 0.681. The van der Waals surface area contributed by atoms with Crippen LogP contribution in [0.1, 0.15) is 25.7 Å². The summed E-state index contributed by atoms with van der Waals surface area (Å²) in [5.41, 5.74) is 0. The first kappa shape index (κ1) is 29.8. The van der Waals surface area contributed by atoms with Crippen LogP contribution in [0, 0.1) is 0 Å². The van der Waals surface area contributed by atoms with Crippen LogP contribution < -0.4 is 26.6 Å². The van der Waals surface area contributed by atoms with Crippen LogP contribution in [-0.2, 0) is 27.3 Å². The van der Waals surface area contributed by atoms with E-state index in [0.717, 1.165) is 32.7 Å². The topological polar surface area (TPSA) is 87.8 Å². The van der Waals surface area contributed by atoms with Crippen LogP contribution in [0.15, 0.2) is 0 Å². The molecule has 5 atom stereocenters. The normalized spacial score (nSPS) is 31.5. The maximum absolute atomic E-state index is 5.45. The first-order chi connectivity index (χ1) is 15.2. The molecule has 2 fully saturated rings. The zero-order valence-electron chi connectivity index (χ0n) is 19.2. The van der Waals surface area contributed by atoms with Gasteiger partial charge in [-0.05, 0) is 12.8 Å². The van der Waals surface area contributed by atoms with Crippen molar-refractivity contribution in [3.8, 4) is 0 Å². The Hall–Kier alpha value is 0.779. The fraction of sp³-hybridized carbons (Fsp3) is 1.00. The Morgan fingerprint density at radius 3 is 1.52 bits per heavy atom. The summed E-state index contributed by atoms with van der Waals surface area (Å²) in [6.07, 6.45) is 5.12. The van der Waals surface area contributed by atoms with E-state index in [-0.39, 0.29) is 31.3 Å². The fourth-order valence-electron chi connectivity index (χ4n) is 4.24. The van der Waals surface area contributed by atoms with E-state index < -0.39 is 0 Å². The van der Waals surface area contributed by atoms with E-state index in [1.807, 2.05) is 0 Å². The summed E-state index contributed by atoms with van der Waals surface area (Å²) in [7, 11) is 14.9. The molecular formula is C20H43Cl2MnN5O3. The average Bonchev–Trinajstić information content (AvgIpc) is 2.77. The van der Waals surface area contributed by atoms with Crippen molar-refractivity contribution in [2.75, 3.05) is 73.9 Å². The Bertz CT molecular complexity index is 421. The van der Waals surface area contributed by atoms with Crippen molar-refractivity contribution in [2.24, 2.45) is 0 Å². The van der Waals surface area contributed by atoms with Crippen molar-refractivity contribution in [1.82, 2.24) is 26.6 Å². The third-order valence-corrected chi connectivity index (χ3v) is 5.77. The first-order valence-electron chi connectivity index (χ1n) is 11.2. The van der Waals surface area contributed by atoms with Gasteiger partial charge in [0.2, 0.25) is 0 Å². The second-order valence-corrected chi connectivity index (χ2v) is 10.1. The van der Waals surface area contributed by atoms with Gasteiger partial charge in [-0.25, -0.2) is 0 Å². The third-order valence-electron chi connectivity index (χ3n) is 5.77. The maximum atomic E-state index is 5.45. The summed E-state index contributed by atoms with van der Waals surface area (Å²) >= 11 is 0.00694. The van der Waals surface area contributed by atoms with Gasteiger partial charge in [0.25, 0.3) is 0 Å². The molecule has 1 aliphatic heterocycles. The van der Waals surface area contributed by atoms with Gasteiger partial charge in [0.1, 0.15) is 0 Å². The Balaban J connectivity index is 0.00000151. The number of hydrogen-bond donors (Lipinski definition) is 5. The van der Waals surface area contributed by atoms with Crippen LogP contribution in [-0.4, -0.2) is 104 Å². The van der Waals surface area contributed by atoms with E-state index in [1.54, 1.807) is 21.3 Å². The molecule has 1 saturated carbocycles. The Kier molecular flexibility index (Phi) is 19.4. The summed E-state index contributed by atoms with van der Waals surface area (Å²) in [6.45, 7) is 6.60. The molecule has 2 rings (SSSR count). The third kappa shape index (κ3) is 13.9. The van der Waals surface area contributed by atoms with Crippen LogP contribution in [0.5, 0.6) is 0 Å². The molecule has 0 aromatic rings. The van der Waals surface area contributed by atoms with Crippen LogP contribution in [0.3, 0.4) is 0 Å². The van der Waals surface area contributed by atoms with E-state index in [0.29, 0.717) is 31.9 Å².